The van der Waals surface area contributed by atoms with E-state index < -0.39 is 0 Å². The van der Waals surface area contributed by atoms with Crippen LogP contribution in [0.2, 0.25) is 0 Å². The quantitative estimate of drug-likeness (QED) is 0.217. The highest BCUT2D eigenvalue weighted by molar-refractivity contribution is 5.94. The topological polar surface area (TPSA) is 85.9 Å². The number of carbonyl (C=O) groups is 2. The van der Waals surface area contributed by atoms with E-state index in [-0.39, 0.29) is 30.8 Å². The Labute approximate surface area is 219 Å². The van der Waals surface area contributed by atoms with Gasteiger partial charge in [0.15, 0.2) is 6.29 Å². The molecule has 1 aliphatic heterocycles. The molecular formula is C30H40N2O5. The number of unbranched alkanes of at least 4 members (excludes halogenated alkanes) is 2. The van der Waals surface area contributed by atoms with Crippen molar-refractivity contribution in [2.75, 3.05) is 13.2 Å². The van der Waals surface area contributed by atoms with E-state index in [1.165, 1.54) is 6.42 Å². The van der Waals surface area contributed by atoms with Crippen molar-refractivity contribution in [2.24, 2.45) is 0 Å². The summed E-state index contributed by atoms with van der Waals surface area (Å²) in [5.41, 5.74) is 3.14. The number of benzene rings is 2. The molecule has 200 valence electrons. The Hall–Kier alpha value is -2.90. The van der Waals surface area contributed by atoms with E-state index in [2.05, 4.69) is 22.9 Å². The van der Waals surface area contributed by atoms with Crippen molar-refractivity contribution in [3.8, 4) is 5.75 Å². The number of hydrogen-bond donors (Lipinski definition) is 2. The molecule has 2 aromatic rings. The summed E-state index contributed by atoms with van der Waals surface area (Å²) >= 11 is 0. The largest absolute Gasteiger partial charge is 0.488 e. The number of allylic oxidation sites excluding steroid dienone is 1. The summed E-state index contributed by atoms with van der Waals surface area (Å²) in [7, 11) is 0. The monoisotopic (exact) mass is 508 g/mol. The van der Waals surface area contributed by atoms with Gasteiger partial charge in [0, 0.05) is 30.9 Å². The van der Waals surface area contributed by atoms with Crippen molar-refractivity contribution in [1.82, 2.24) is 10.8 Å². The molecule has 0 aromatic heterocycles. The molecule has 0 radical (unpaired) electrons. The van der Waals surface area contributed by atoms with Crippen LogP contribution >= 0.6 is 0 Å². The fourth-order valence-corrected chi connectivity index (χ4v) is 4.91. The van der Waals surface area contributed by atoms with Crippen LogP contribution in [0, 0.1) is 0 Å². The van der Waals surface area contributed by atoms with E-state index in [1.807, 2.05) is 36.4 Å². The van der Waals surface area contributed by atoms with Gasteiger partial charge in [0.25, 0.3) is 5.91 Å². The van der Waals surface area contributed by atoms with Crippen molar-refractivity contribution < 1.29 is 23.9 Å². The van der Waals surface area contributed by atoms with Crippen LogP contribution in [0.1, 0.15) is 77.0 Å². The van der Waals surface area contributed by atoms with E-state index in [0.29, 0.717) is 31.4 Å². The number of rotatable bonds is 12. The second kappa shape index (κ2) is 14.7. The maximum absolute atomic E-state index is 13.2. The lowest BCUT2D eigenvalue weighted by Gasteiger charge is -2.23. The summed E-state index contributed by atoms with van der Waals surface area (Å²) in [6.45, 7) is 0.885. The molecular weight excluding hydrogens is 468 g/mol. The third kappa shape index (κ3) is 8.86. The minimum atomic E-state index is -0.340. The average Bonchev–Trinajstić information content (AvgIpc) is 2.94. The lowest BCUT2D eigenvalue weighted by Crippen LogP contribution is -2.38. The van der Waals surface area contributed by atoms with Gasteiger partial charge in [-0.15, -0.1) is 0 Å². The van der Waals surface area contributed by atoms with Crippen molar-refractivity contribution in [3.05, 3.63) is 54.1 Å². The van der Waals surface area contributed by atoms with Crippen LogP contribution < -0.4 is 15.5 Å². The van der Waals surface area contributed by atoms with Crippen molar-refractivity contribution in [3.63, 3.8) is 0 Å². The van der Waals surface area contributed by atoms with Crippen LogP contribution in [0.3, 0.4) is 0 Å². The number of amides is 2. The Bertz CT molecular complexity index is 1040. The SMILES string of the molecule is O=C(CCCCC=C(COc1cccc2ccccc12)C(=O)NC1CCCCC1)NOC1CCCCO1. The molecule has 2 amide bonds. The number of ether oxygens (including phenoxy) is 2. The molecule has 4 rings (SSSR count). The Morgan fingerprint density at radius 2 is 1.76 bits per heavy atom. The number of fused-ring (bicyclic) bond motifs is 1. The third-order valence-corrected chi connectivity index (χ3v) is 7.06. The van der Waals surface area contributed by atoms with Gasteiger partial charge >= 0.3 is 0 Å². The average molecular weight is 509 g/mol. The van der Waals surface area contributed by atoms with E-state index in [1.54, 1.807) is 0 Å². The van der Waals surface area contributed by atoms with Gasteiger partial charge in [-0.3, -0.25) is 9.59 Å². The fourth-order valence-electron chi connectivity index (χ4n) is 4.91. The second-order valence-electron chi connectivity index (χ2n) is 9.99. The zero-order valence-electron chi connectivity index (χ0n) is 21.7. The standard InChI is InChI=1S/C30H40N2O5/c33-28(32-37-29-20-9-10-21-35-29)19-6-1-3-13-24(30(34)31-25-15-4-2-5-16-25)22-36-27-18-11-14-23-12-7-8-17-26(23)27/h7-8,11-14,17-18,25,29H,1-6,9-10,15-16,19-22H2,(H,31,34)(H,32,33). The van der Waals surface area contributed by atoms with E-state index in [9.17, 15) is 9.59 Å². The lowest BCUT2D eigenvalue weighted by atomic mass is 9.95. The first-order valence-corrected chi connectivity index (χ1v) is 13.9. The molecule has 1 aliphatic carbocycles. The highest BCUT2D eigenvalue weighted by atomic mass is 16.8. The molecule has 37 heavy (non-hydrogen) atoms. The summed E-state index contributed by atoms with van der Waals surface area (Å²) in [5, 5.41) is 5.36. The van der Waals surface area contributed by atoms with E-state index >= 15 is 0 Å². The van der Waals surface area contributed by atoms with Crippen molar-refractivity contribution >= 4 is 22.6 Å². The van der Waals surface area contributed by atoms with Gasteiger partial charge in [-0.25, -0.2) is 10.3 Å². The van der Waals surface area contributed by atoms with E-state index in [0.717, 1.165) is 67.9 Å². The Balaban J connectivity index is 1.28. The van der Waals surface area contributed by atoms with Crippen LogP contribution in [0.25, 0.3) is 10.8 Å². The van der Waals surface area contributed by atoms with Crippen molar-refractivity contribution in [2.45, 2.75) is 89.4 Å². The first-order chi connectivity index (χ1) is 18.2. The summed E-state index contributed by atoms with van der Waals surface area (Å²) in [4.78, 5) is 30.6. The summed E-state index contributed by atoms with van der Waals surface area (Å²) < 4.78 is 11.6. The lowest BCUT2D eigenvalue weighted by molar-refractivity contribution is -0.200. The molecule has 2 aliphatic rings. The van der Waals surface area contributed by atoms with Crippen LogP contribution in [-0.4, -0.2) is 37.4 Å². The van der Waals surface area contributed by atoms with Crippen LogP contribution in [0.15, 0.2) is 54.1 Å². The summed E-state index contributed by atoms with van der Waals surface area (Å²) in [6.07, 6.45) is 12.7. The Kier molecular flexibility index (Phi) is 10.8. The van der Waals surface area contributed by atoms with Gasteiger partial charge < -0.3 is 14.8 Å². The molecule has 0 spiro atoms. The smallest absolute Gasteiger partial charge is 0.250 e. The molecule has 0 bridgehead atoms. The zero-order valence-corrected chi connectivity index (χ0v) is 21.7. The normalized spacial score (nSPS) is 18.9. The number of carbonyl (C=O) groups excluding carboxylic acids is 2. The van der Waals surface area contributed by atoms with Gasteiger partial charge in [0.1, 0.15) is 12.4 Å². The molecule has 1 heterocycles. The predicted octanol–water partition coefficient (Wildman–Crippen LogP) is 5.73. The summed E-state index contributed by atoms with van der Waals surface area (Å²) in [5.74, 6) is 0.576. The first kappa shape index (κ1) is 27.1. The molecule has 1 saturated heterocycles. The molecule has 1 atom stereocenters. The molecule has 7 heteroatoms. The minimum Gasteiger partial charge on any atom is -0.488 e. The molecule has 1 unspecified atom stereocenters. The van der Waals surface area contributed by atoms with Crippen molar-refractivity contribution in [1.29, 1.82) is 0 Å². The highest BCUT2D eigenvalue weighted by Gasteiger charge is 2.19. The second-order valence-corrected chi connectivity index (χ2v) is 9.99. The Morgan fingerprint density at radius 3 is 2.59 bits per heavy atom. The number of nitrogens with one attached hydrogen (secondary N) is 2. The summed E-state index contributed by atoms with van der Waals surface area (Å²) in [6, 6.07) is 14.3. The first-order valence-electron chi connectivity index (χ1n) is 13.9. The van der Waals surface area contributed by atoms with Crippen LogP contribution in [-0.2, 0) is 19.2 Å². The highest BCUT2D eigenvalue weighted by Crippen LogP contribution is 2.26. The molecule has 7 nitrogen and oxygen atoms in total. The molecule has 2 fully saturated rings. The molecule has 1 saturated carbocycles. The molecule has 2 aromatic carbocycles. The maximum atomic E-state index is 13.2. The number of hydroxylamine groups is 1. The molecule has 2 N–H and O–H groups in total. The Morgan fingerprint density at radius 1 is 0.946 bits per heavy atom. The van der Waals surface area contributed by atoms with Gasteiger partial charge in [0.05, 0.1) is 5.57 Å². The fraction of sp³-hybridized carbons (Fsp3) is 0.533. The van der Waals surface area contributed by atoms with E-state index in [4.69, 9.17) is 14.3 Å². The van der Waals surface area contributed by atoms with Gasteiger partial charge in [-0.1, -0.05) is 61.7 Å². The number of hydrogen-bond acceptors (Lipinski definition) is 5. The van der Waals surface area contributed by atoms with Gasteiger partial charge in [-0.2, -0.15) is 0 Å². The van der Waals surface area contributed by atoms with Crippen LogP contribution in [0.5, 0.6) is 5.75 Å². The van der Waals surface area contributed by atoms with Crippen LogP contribution in [0.4, 0.5) is 0 Å². The zero-order chi connectivity index (χ0) is 25.7. The third-order valence-electron chi connectivity index (χ3n) is 7.06. The predicted molar refractivity (Wildman–Crippen MR) is 144 cm³/mol. The van der Waals surface area contributed by atoms with Gasteiger partial charge in [-0.05, 0) is 56.4 Å². The minimum absolute atomic E-state index is 0.0502. The van der Waals surface area contributed by atoms with Gasteiger partial charge in [0.2, 0.25) is 5.91 Å². The maximum Gasteiger partial charge on any atom is 0.250 e.